The molecular weight excluding hydrogens is 276 g/mol. The highest BCUT2D eigenvalue weighted by Crippen LogP contribution is 2.29. The third-order valence-electron chi connectivity index (χ3n) is 4.47. The van der Waals surface area contributed by atoms with Crippen molar-refractivity contribution in [1.29, 1.82) is 0 Å². The summed E-state index contributed by atoms with van der Waals surface area (Å²) in [5, 5.41) is 4.00. The maximum Gasteiger partial charge on any atom is 0.223 e. The summed E-state index contributed by atoms with van der Waals surface area (Å²) in [6.07, 6.45) is 6.71. The summed E-state index contributed by atoms with van der Waals surface area (Å²) >= 11 is 0. The van der Waals surface area contributed by atoms with Gasteiger partial charge in [-0.3, -0.25) is 0 Å². The van der Waals surface area contributed by atoms with E-state index >= 15 is 0 Å². The molecule has 0 saturated heterocycles. The maximum absolute atomic E-state index is 6.26. The lowest BCUT2D eigenvalue weighted by molar-refractivity contribution is 0.112. The van der Waals surface area contributed by atoms with Crippen molar-refractivity contribution in [1.82, 2.24) is 14.9 Å². The first-order valence-corrected chi connectivity index (χ1v) is 7.94. The molecule has 1 fully saturated rings. The first-order valence-electron chi connectivity index (χ1n) is 7.94. The first-order chi connectivity index (χ1) is 10.7. The maximum atomic E-state index is 6.26. The molecule has 118 valence electrons. The van der Waals surface area contributed by atoms with E-state index in [2.05, 4.69) is 34.3 Å². The molecule has 0 amide bonds. The predicted octanol–water partition coefficient (Wildman–Crippen LogP) is 2.92. The standard InChI is InChI=1S/C17H24N4O/c1-18-17-19-11-12-5-4-6-15(16(12)20-17)22-14-9-7-13(8-10-14)21(2)3/h4-6,11,13-14H,7-10H2,1-3H3,(H,18,19,20). The van der Waals surface area contributed by atoms with Gasteiger partial charge in [-0.05, 0) is 45.8 Å². The van der Waals surface area contributed by atoms with Crippen LogP contribution in [0.2, 0.25) is 0 Å². The topological polar surface area (TPSA) is 50.3 Å². The van der Waals surface area contributed by atoms with Gasteiger partial charge in [0.25, 0.3) is 0 Å². The number of hydrogen-bond donors (Lipinski definition) is 1. The van der Waals surface area contributed by atoms with Gasteiger partial charge in [-0.2, -0.15) is 0 Å². The van der Waals surface area contributed by atoms with Gasteiger partial charge in [0.1, 0.15) is 11.3 Å². The molecule has 5 nitrogen and oxygen atoms in total. The minimum atomic E-state index is 0.287. The van der Waals surface area contributed by atoms with Crippen LogP contribution in [-0.4, -0.2) is 48.2 Å². The van der Waals surface area contributed by atoms with Crippen LogP contribution >= 0.6 is 0 Å². The van der Waals surface area contributed by atoms with E-state index in [0.717, 1.165) is 29.5 Å². The lowest BCUT2D eigenvalue weighted by atomic mass is 9.92. The van der Waals surface area contributed by atoms with E-state index in [1.54, 1.807) is 0 Å². The van der Waals surface area contributed by atoms with Crippen molar-refractivity contribution in [3.8, 4) is 5.75 Å². The van der Waals surface area contributed by atoms with Crippen molar-refractivity contribution < 1.29 is 4.74 Å². The van der Waals surface area contributed by atoms with Crippen LogP contribution in [0.3, 0.4) is 0 Å². The number of nitrogens with zero attached hydrogens (tertiary/aromatic N) is 3. The van der Waals surface area contributed by atoms with Crippen LogP contribution in [0.15, 0.2) is 24.4 Å². The fourth-order valence-corrected chi connectivity index (χ4v) is 3.10. The zero-order valence-electron chi connectivity index (χ0n) is 13.5. The number of anilines is 1. The average Bonchev–Trinajstić information content (AvgIpc) is 2.55. The van der Waals surface area contributed by atoms with E-state index in [1.165, 1.54) is 12.8 Å². The molecule has 3 rings (SSSR count). The third-order valence-corrected chi connectivity index (χ3v) is 4.47. The fraction of sp³-hybridized carbons (Fsp3) is 0.529. The van der Waals surface area contributed by atoms with E-state index in [-0.39, 0.29) is 6.10 Å². The number of fused-ring (bicyclic) bond motifs is 1. The molecule has 1 N–H and O–H groups in total. The summed E-state index contributed by atoms with van der Waals surface area (Å²) in [6, 6.07) is 6.72. The normalized spacial score (nSPS) is 22.0. The Hall–Kier alpha value is -1.88. The molecule has 22 heavy (non-hydrogen) atoms. The largest absolute Gasteiger partial charge is 0.488 e. The van der Waals surface area contributed by atoms with Crippen molar-refractivity contribution in [2.24, 2.45) is 0 Å². The molecule has 1 saturated carbocycles. The van der Waals surface area contributed by atoms with Gasteiger partial charge in [-0.15, -0.1) is 0 Å². The number of rotatable bonds is 4. The Labute approximate surface area is 131 Å². The summed E-state index contributed by atoms with van der Waals surface area (Å²) in [7, 11) is 6.15. The van der Waals surface area contributed by atoms with Crippen molar-refractivity contribution in [3.05, 3.63) is 24.4 Å². The van der Waals surface area contributed by atoms with Crippen molar-refractivity contribution in [2.75, 3.05) is 26.5 Å². The molecule has 0 atom stereocenters. The second-order valence-electron chi connectivity index (χ2n) is 6.15. The van der Waals surface area contributed by atoms with E-state index in [9.17, 15) is 0 Å². The van der Waals surface area contributed by atoms with E-state index in [1.807, 2.05) is 31.4 Å². The van der Waals surface area contributed by atoms with Crippen LogP contribution in [0.1, 0.15) is 25.7 Å². The SMILES string of the molecule is CNc1ncc2cccc(OC3CCC(N(C)C)CC3)c2n1. The second kappa shape index (κ2) is 6.48. The van der Waals surface area contributed by atoms with Crippen LogP contribution in [0, 0.1) is 0 Å². The molecule has 0 radical (unpaired) electrons. The summed E-state index contributed by atoms with van der Waals surface area (Å²) < 4.78 is 6.26. The monoisotopic (exact) mass is 300 g/mol. The summed E-state index contributed by atoms with van der Waals surface area (Å²) in [4.78, 5) is 11.1. The molecule has 0 unspecified atom stereocenters. The Kier molecular flexibility index (Phi) is 4.43. The number of para-hydroxylation sites is 1. The van der Waals surface area contributed by atoms with E-state index in [4.69, 9.17) is 4.74 Å². The number of benzene rings is 1. The molecule has 0 aliphatic heterocycles. The smallest absolute Gasteiger partial charge is 0.223 e. The highest BCUT2D eigenvalue weighted by molar-refractivity contribution is 5.84. The molecule has 5 heteroatoms. The summed E-state index contributed by atoms with van der Waals surface area (Å²) in [6.45, 7) is 0. The Balaban J connectivity index is 1.77. The van der Waals surface area contributed by atoms with Gasteiger partial charge in [0.05, 0.1) is 6.10 Å². The Morgan fingerprint density at radius 1 is 1.18 bits per heavy atom. The molecule has 2 aromatic rings. The molecule has 1 aliphatic carbocycles. The second-order valence-corrected chi connectivity index (χ2v) is 6.15. The fourth-order valence-electron chi connectivity index (χ4n) is 3.10. The number of nitrogens with one attached hydrogen (secondary N) is 1. The Morgan fingerprint density at radius 2 is 1.95 bits per heavy atom. The van der Waals surface area contributed by atoms with E-state index < -0.39 is 0 Å². The Bertz CT molecular complexity index is 636. The van der Waals surface area contributed by atoms with Crippen molar-refractivity contribution >= 4 is 16.9 Å². The zero-order chi connectivity index (χ0) is 15.5. The van der Waals surface area contributed by atoms with Gasteiger partial charge in [0.15, 0.2) is 0 Å². The first kappa shape index (κ1) is 15.0. The molecule has 1 aromatic heterocycles. The van der Waals surface area contributed by atoms with Crippen LogP contribution in [0.4, 0.5) is 5.95 Å². The molecule has 1 aromatic carbocycles. The molecule has 0 spiro atoms. The highest BCUT2D eigenvalue weighted by Gasteiger charge is 2.24. The van der Waals surface area contributed by atoms with Gasteiger partial charge in [-0.25, -0.2) is 9.97 Å². The number of hydrogen-bond acceptors (Lipinski definition) is 5. The summed E-state index contributed by atoms with van der Waals surface area (Å²) in [5.74, 6) is 1.49. The predicted molar refractivity (Wildman–Crippen MR) is 89.4 cm³/mol. The van der Waals surface area contributed by atoms with Gasteiger partial charge >= 0.3 is 0 Å². The average molecular weight is 300 g/mol. The van der Waals surface area contributed by atoms with Crippen LogP contribution in [0.5, 0.6) is 5.75 Å². The number of aromatic nitrogens is 2. The van der Waals surface area contributed by atoms with Gasteiger partial charge in [-0.1, -0.05) is 12.1 Å². The minimum absolute atomic E-state index is 0.287. The lowest BCUT2D eigenvalue weighted by Gasteiger charge is -2.32. The minimum Gasteiger partial charge on any atom is -0.488 e. The van der Waals surface area contributed by atoms with Crippen molar-refractivity contribution in [3.63, 3.8) is 0 Å². The van der Waals surface area contributed by atoms with Gasteiger partial charge in [0, 0.05) is 24.7 Å². The summed E-state index contributed by atoms with van der Waals surface area (Å²) in [5.41, 5.74) is 0.886. The Morgan fingerprint density at radius 3 is 2.64 bits per heavy atom. The van der Waals surface area contributed by atoms with Crippen LogP contribution < -0.4 is 10.1 Å². The zero-order valence-corrected chi connectivity index (χ0v) is 13.5. The van der Waals surface area contributed by atoms with E-state index in [0.29, 0.717) is 12.0 Å². The molecule has 1 heterocycles. The van der Waals surface area contributed by atoms with Gasteiger partial charge in [0.2, 0.25) is 5.95 Å². The van der Waals surface area contributed by atoms with Crippen LogP contribution in [0.25, 0.3) is 10.9 Å². The van der Waals surface area contributed by atoms with Crippen molar-refractivity contribution in [2.45, 2.75) is 37.8 Å². The van der Waals surface area contributed by atoms with Gasteiger partial charge < -0.3 is 15.0 Å². The third kappa shape index (κ3) is 3.14. The molecular formula is C17H24N4O. The number of ether oxygens (including phenoxy) is 1. The van der Waals surface area contributed by atoms with Crippen LogP contribution in [-0.2, 0) is 0 Å². The molecule has 0 bridgehead atoms. The quantitative estimate of drug-likeness (QED) is 0.941. The molecule has 1 aliphatic rings. The lowest BCUT2D eigenvalue weighted by Crippen LogP contribution is -2.35. The highest BCUT2D eigenvalue weighted by atomic mass is 16.5.